The summed E-state index contributed by atoms with van der Waals surface area (Å²) in [7, 11) is 0. The van der Waals surface area contributed by atoms with Crippen LogP contribution < -0.4 is 10.6 Å². The molecule has 0 aromatic carbocycles. The second-order valence-corrected chi connectivity index (χ2v) is 5.36. The lowest BCUT2D eigenvalue weighted by Crippen LogP contribution is -2.32. The highest BCUT2D eigenvalue weighted by Gasteiger charge is 2.11. The molecule has 0 spiro atoms. The number of pyridine rings is 1. The van der Waals surface area contributed by atoms with Gasteiger partial charge >= 0.3 is 11.7 Å². The van der Waals surface area contributed by atoms with Crippen LogP contribution in [0.15, 0.2) is 18.5 Å². The Morgan fingerprint density at radius 2 is 2.09 bits per heavy atom. The molecule has 2 aromatic rings. The number of nitro groups is 1. The van der Waals surface area contributed by atoms with E-state index in [2.05, 4.69) is 20.7 Å². The molecule has 2 amide bonds. The zero-order valence-electron chi connectivity index (χ0n) is 11.3. The minimum atomic E-state index is -0.570. The van der Waals surface area contributed by atoms with Gasteiger partial charge in [-0.15, -0.1) is 0 Å². The molecule has 2 aromatic heterocycles. The predicted molar refractivity (Wildman–Crippen MR) is 85.2 cm³/mol. The van der Waals surface area contributed by atoms with Crippen LogP contribution in [0.4, 0.5) is 16.3 Å². The van der Waals surface area contributed by atoms with Crippen LogP contribution in [0.25, 0.3) is 0 Å². The van der Waals surface area contributed by atoms with Crippen molar-refractivity contribution in [1.29, 1.82) is 0 Å². The van der Waals surface area contributed by atoms with Gasteiger partial charge in [0.25, 0.3) is 0 Å². The van der Waals surface area contributed by atoms with Gasteiger partial charge in [0.2, 0.25) is 0 Å². The Bertz CT molecular complexity index is 751. The van der Waals surface area contributed by atoms with Crippen molar-refractivity contribution in [3.8, 4) is 0 Å². The first kappa shape index (κ1) is 17.3. The molecule has 2 rings (SSSR count). The Kier molecular flexibility index (Phi) is 5.59. The van der Waals surface area contributed by atoms with Crippen molar-refractivity contribution in [3.63, 3.8) is 0 Å². The topological polar surface area (TPSA) is 115 Å². The van der Waals surface area contributed by atoms with Crippen LogP contribution in [0.1, 0.15) is 0 Å². The Labute approximate surface area is 144 Å². The van der Waals surface area contributed by atoms with E-state index in [1.807, 2.05) is 0 Å². The molecular formula is C11H9Cl3N6O3. The number of nitrogens with zero attached hydrogens (tertiary/aromatic N) is 4. The number of carbonyl (C=O) groups is 1. The number of anilines is 1. The van der Waals surface area contributed by atoms with Crippen LogP contribution in [0.3, 0.4) is 0 Å². The standard InChI is InChI=1S/C11H9Cl3N6O3/c12-7-3-8(13)10(17-9(7)14)18-11(21)15-1-2-19-5-6(4-16-19)20(22)23/h3-5H,1-2H2,(H2,15,17,18,21). The van der Waals surface area contributed by atoms with Crippen LogP contribution >= 0.6 is 34.8 Å². The summed E-state index contributed by atoms with van der Waals surface area (Å²) in [6.07, 6.45) is 2.39. The van der Waals surface area contributed by atoms with E-state index in [9.17, 15) is 14.9 Å². The molecule has 0 aliphatic carbocycles. The highest BCUT2D eigenvalue weighted by atomic mass is 35.5. The van der Waals surface area contributed by atoms with Crippen LogP contribution in [-0.4, -0.2) is 32.3 Å². The van der Waals surface area contributed by atoms with Gasteiger partial charge in [0.15, 0.2) is 5.82 Å². The molecule has 0 radical (unpaired) electrons. The molecule has 0 aliphatic rings. The molecule has 9 nitrogen and oxygen atoms in total. The fourth-order valence-electron chi connectivity index (χ4n) is 1.54. The molecule has 2 heterocycles. The Morgan fingerprint density at radius 1 is 1.35 bits per heavy atom. The SMILES string of the molecule is O=C(NCCn1cc([N+](=O)[O-])cn1)Nc1nc(Cl)c(Cl)cc1Cl. The zero-order valence-corrected chi connectivity index (χ0v) is 13.6. The van der Waals surface area contributed by atoms with Crippen LogP contribution in [0.5, 0.6) is 0 Å². The van der Waals surface area contributed by atoms with Gasteiger partial charge in [-0.2, -0.15) is 5.10 Å². The maximum absolute atomic E-state index is 11.7. The lowest BCUT2D eigenvalue weighted by atomic mass is 10.4. The minimum absolute atomic E-state index is 0.00946. The molecule has 0 unspecified atom stereocenters. The fraction of sp³-hybridized carbons (Fsp3) is 0.182. The number of urea groups is 1. The Balaban J connectivity index is 1.85. The molecule has 0 atom stereocenters. The fourth-order valence-corrected chi connectivity index (χ4v) is 2.08. The van der Waals surface area contributed by atoms with E-state index in [-0.39, 0.29) is 39.8 Å². The van der Waals surface area contributed by atoms with Gasteiger partial charge in [0.05, 0.1) is 21.5 Å². The number of amides is 2. The highest BCUT2D eigenvalue weighted by Crippen LogP contribution is 2.28. The van der Waals surface area contributed by atoms with Crippen molar-refractivity contribution in [2.24, 2.45) is 0 Å². The van der Waals surface area contributed by atoms with E-state index in [1.165, 1.54) is 16.9 Å². The average Bonchev–Trinajstić information content (AvgIpc) is 2.94. The first-order valence-corrected chi connectivity index (χ1v) is 7.23. The number of nitrogens with one attached hydrogen (secondary N) is 2. The summed E-state index contributed by atoms with van der Waals surface area (Å²) in [5, 5.41) is 19.6. The third-order valence-electron chi connectivity index (χ3n) is 2.58. The van der Waals surface area contributed by atoms with E-state index in [1.54, 1.807) is 0 Å². The molecule has 0 aliphatic heterocycles. The van der Waals surface area contributed by atoms with Crippen molar-refractivity contribution < 1.29 is 9.72 Å². The van der Waals surface area contributed by atoms with E-state index in [4.69, 9.17) is 34.8 Å². The number of rotatable bonds is 5. The predicted octanol–water partition coefficient (Wildman–Crippen LogP) is 2.97. The van der Waals surface area contributed by atoms with Gasteiger partial charge in [-0.25, -0.2) is 9.78 Å². The quantitative estimate of drug-likeness (QED) is 0.471. The molecule has 122 valence electrons. The van der Waals surface area contributed by atoms with Crippen LogP contribution in [0, 0.1) is 10.1 Å². The highest BCUT2D eigenvalue weighted by molar-refractivity contribution is 6.43. The van der Waals surface area contributed by atoms with Gasteiger partial charge in [0, 0.05) is 6.54 Å². The summed E-state index contributed by atoms with van der Waals surface area (Å²) in [5.41, 5.74) is -0.124. The number of halogens is 3. The molecule has 0 bridgehead atoms. The minimum Gasteiger partial charge on any atom is -0.336 e. The van der Waals surface area contributed by atoms with E-state index >= 15 is 0 Å². The summed E-state index contributed by atoms with van der Waals surface area (Å²) in [4.78, 5) is 25.5. The van der Waals surface area contributed by atoms with E-state index in [0.29, 0.717) is 0 Å². The first-order chi connectivity index (χ1) is 10.9. The summed E-state index contributed by atoms with van der Waals surface area (Å²) in [5.74, 6) is 0.0632. The van der Waals surface area contributed by atoms with Crippen molar-refractivity contribution in [2.45, 2.75) is 6.54 Å². The molecule has 23 heavy (non-hydrogen) atoms. The second kappa shape index (κ2) is 7.44. The summed E-state index contributed by atoms with van der Waals surface area (Å²) in [6.45, 7) is 0.438. The van der Waals surface area contributed by atoms with Crippen molar-refractivity contribution in [2.75, 3.05) is 11.9 Å². The first-order valence-electron chi connectivity index (χ1n) is 6.10. The normalized spacial score (nSPS) is 10.4. The number of hydrogen-bond acceptors (Lipinski definition) is 5. The van der Waals surface area contributed by atoms with Crippen molar-refractivity contribution in [3.05, 3.63) is 43.8 Å². The van der Waals surface area contributed by atoms with E-state index in [0.717, 1.165) is 6.20 Å². The van der Waals surface area contributed by atoms with Gasteiger partial charge in [-0.05, 0) is 6.07 Å². The van der Waals surface area contributed by atoms with E-state index < -0.39 is 11.0 Å². The second-order valence-electron chi connectivity index (χ2n) is 4.19. The van der Waals surface area contributed by atoms with Crippen LogP contribution in [-0.2, 0) is 6.54 Å². The number of carbonyl (C=O) groups excluding carboxylic acids is 1. The van der Waals surface area contributed by atoms with Crippen molar-refractivity contribution >= 4 is 52.3 Å². The average molecular weight is 380 g/mol. The van der Waals surface area contributed by atoms with Gasteiger partial charge < -0.3 is 5.32 Å². The summed E-state index contributed by atoms with van der Waals surface area (Å²) >= 11 is 17.4. The molecule has 0 saturated heterocycles. The van der Waals surface area contributed by atoms with Crippen molar-refractivity contribution in [1.82, 2.24) is 20.1 Å². The molecule has 0 saturated carbocycles. The molecule has 0 fully saturated rings. The lowest BCUT2D eigenvalue weighted by Gasteiger charge is -2.09. The number of hydrogen-bond donors (Lipinski definition) is 2. The monoisotopic (exact) mass is 378 g/mol. The van der Waals surface area contributed by atoms with Gasteiger partial charge in [0.1, 0.15) is 17.5 Å². The molecule has 2 N–H and O–H groups in total. The Hall–Kier alpha value is -2.10. The third-order valence-corrected chi connectivity index (χ3v) is 3.54. The zero-order chi connectivity index (χ0) is 17.0. The number of aromatic nitrogens is 3. The largest absolute Gasteiger partial charge is 0.336 e. The lowest BCUT2D eigenvalue weighted by molar-refractivity contribution is -0.385. The van der Waals surface area contributed by atoms with Crippen LogP contribution in [0.2, 0.25) is 15.2 Å². The Morgan fingerprint density at radius 3 is 2.74 bits per heavy atom. The third kappa shape index (κ3) is 4.68. The molecular weight excluding hydrogens is 371 g/mol. The van der Waals surface area contributed by atoms with Gasteiger partial charge in [-0.1, -0.05) is 34.8 Å². The summed E-state index contributed by atoms with van der Waals surface area (Å²) < 4.78 is 1.34. The maximum Gasteiger partial charge on any atom is 0.320 e. The summed E-state index contributed by atoms with van der Waals surface area (Å²) in [6, 6.07) is 0.788. The van der Waals surface area contributed by atoms with Gasteiger partial charge in [-0.3, -0.25) is 20.1 Å². The smallest absolute Gasteiger partial charge is 0.320 e. The maximum atomic E-state index is 11.7. The molecule has 12 heteroatoms.